The number of aromatic nitrogens is 2. The van der Waals surface area contributed by atoms with Crippen molar-refractivity contribution in [3.05, 3.63) is 24.7 Å². The molecule has 0 radical (unpaired) electrons. The molecule has 0 amide bonds. The Balaban J connectivity index is 3.07. The van der Waals surface area contributed by atoms with E-state index in [2.05, 4.69) is 25.8 Å². The molecule has 0 aromatic carbocycles. The third kappa shape index (κ3) is 1.58. The minimum Gasteiger partial charge on any atom is -0.237 e. The van der Waals surface area contributed by atoms with Crippen LogP contribution >= 0.6 is 9.24 Å². The molecule has 0 fully saturated rings. The van der Waals surface area contributed by atoms with E-state index in [1.807, 2.05) is 6.07 Å². The summed E-state index contributed by atoms with van der Waals surface area (Å²) in [5.74, 6) is 0. The first kappa shape index (κ1) is 6.37. The van der Waals surface area contributed by atoms with Gasteiger partial charge in [0, 0.05) is 0 Å². The third-order valence-electron chi connectivity index (χ3n) is 0.919. The molecular formula is C6H7N2P. The highest BCUT2D eigenvalue weighted by Gasteiger charge is 1.86. The maximum atomic E-state index is 3.92. The second kappa shape index (κ2) is 2.70. The van der Waals surface area contributed by atoms with Gasteiger partial charge >= 0.3 is 0 Å². The normalized spacial score (nSPS) is 9.00. The quantitative estimate of drug-likeness (QED) is 0.531. The fraction of sp³-hybridized carbons (Fsp3) is 0. The average molecular weight is 138 g/mol. The zero-order valence-electron chi connectivity index (χ0n) is 4.91. The molecule has 0 bridgehead atoms. The lowest BCUT2D eigenvalue weighted by Gasteiger charge is -1.90. The molecule has 3 heteroatoms. The molecular weight excluding hydrogens is 131 g/mol. The molecule has 1 heterocycles. The van der Waals surface area contributed by atoms with E-state index in [1.54, 1.807) is 6.08 Å². The maximum absolute atomic E-state index is 3.92. The van der Waals surface area contributed by atoms with Gasteiger partial charge in [0.15, 0.2) is 0 Å². The minimum absolute atomic E-state index is 0.856. The lowest BCUT2D eigenvalue weighted by Crippen LogP contribution is -1.98. The molecule has 0 saturated carbocycles. The largest absolute Gasteiger partial charge is 0.237 e. The molecule has 0 aliphatic carbocycles. The molecule has 1 aromatic heterocycles. The van der Waals surface area contributed by atoms with Crippen molar-refractivity contribution in [3.8, 4) is 0 Å². The molecule has 0 aliphatic rings. The van der Waals surface area contributed by atoms with E-state index < -0.39 is 0 Å². The number of hydrogen-bond acceptors (Lipinski definition) is 2. The summed E-state index contributed by atoms with van der Waals surface area (Å²) >= 11 is 0. The topological polar surface area (TPSA) is 25.8 Å². The van der Waals surface area contributed by atoms with Gasteiger partial charge in [-0.15, -0.1) is 0 Å². The fourth-order valence-electron chi connectivity index (χ4n) is 0.500. The van der Waals surface area contributed by atoms with Crippen LogP contribution in [0.3, 0.4) is 0 Å². The van der Waals surface area contributed by atoms with E-state index in [9.17, 15) is 0 Å². The van der Waals surface area contributed by atoms with Gasteiger partial charge in [0.25, 0.3) is 0 Å². The van der Waals surface area contributed by atoms with Crippen molar-refractivity contribution in [3.63, 3.8) is 0 Å². The third-order valence-corrected chi connectivity index (χ3v) is 1.23. The van der Waals surface area contributed by atoms with Crippen molar-refractivity contribution in [1.29, 1.82) is 0 Å². The van der Waals surface area contributed by atoms with E-state index in [0.717, 1.165) is 11.1 Å². The van der Waals surface area contributed by atoms with Crippen molar-refractivity contribution in [2.75, 3.05) is 0 Å². The monoisotopic (exact) mass is 138 g/mol. The van der Waals surface area contributed by atoms with Gasteiger partial charge in [-0.3, -0.25) is 0 Å². The van der Waals surface area contributed by atoms with Crippen LogP contribution in [-0.4, -0.2) is 9.97 Å². The first-order chi connectivity index (χ1) is 4.33. The molecule has 0 saturated heterocycles. The predicted molar refractivity (Wildman–Crippen MR) is 41.5 cm³/mol. The second-order valence-electron chi connectivity index (χ2n) is 1.57. The SMILES string of the molecule is C=Cc1cc(P)ncn1. The zero-order chi connectivity index (χ0) is 6.69. The number of rotatable bonds is 1. The van der Waals surface area contributed by atoms with Gasteiger partial charge < -0.3 is 0 Å². The summed E-state index contributed by atoms with van der Waals surface area (Å²) in [6, 6.07) is 1.84. The lowest BCUT2D eigenvalue weighted by atomic mass is 10.4. The van der Waals surface area contributed by atoms with Gasteiger partial charge in [-0.1, -0.05) is 15.8 Å². The maximum Gasteiger partial charge on any atom is 0.116 e. The number of nitrogens with zero attached hydrogens (tertiary/aromatic N) is 2. The summed E-state index contributed by atoms with van der Waals surface area (Å²) in [6.45, 7) is 3.57. The smallest absolute Gasteiger partial charge is 0.116 e. The lowest BCUT2D eigenvalue weighted by molar-refractivity contribution is 1.18. The van der Waals surface area contributed by atoms with Crippen LogP contribution in [0.5, 0.6) is 0 Å². The van der Waals surface area contributed by atoms with E-state index in [0.29, 0.717) is 0 Å². The Labute approximate surface area is 56.2 Å². The van der Waals surface area contributed by atoms with Crippen molar-refractivity contribution in [1.82, 2.24) is 9.97 Å². The second-order valence-corrected chi connectivity index (χ2v) is 2.16. The standard InChI is InChI=1S/C6H7N2P/c1-2-5-3-6(9)8-4-7-5/h2-4H,1,9H2. The highest BCUT2D eigenvalue weighted by atomic mass is 31.0. The Morgan fingerprint density at radius 1 is 1.56 bits per heavy atom. The van der Waals surface area contributed by atoms with Crippen molar-refractivity contribution >= 4 is 20.8 Å². The van der Waals surface area contributed by atoms with Crippen LogP contribution in [0, 0.1) is 0 Å². The van der Waals surface area contributed by atoms with E-state index in [-0.39, 0.29) is 0 Å². The molecule has 1 unspecified atom stereocenters. The average Bonchev–Trinajstić information content (AvgIpc) is 1.88. The molecule has 0 aliphatic heterocycles. The van der Waals surface area contributed by atoms with Crippen LogP contribution in [0.15, 0.2) is 19.0 Å². The Hall–Kier alpha value is -0.750. The van der Waals surface area contributed by atoms with Gasteiger partial charge in [0.05, 0.1) is 11.1 Å². The summed E-state index contributed by atoms with van der Waals surface area (Å²) in [4.78, 5) is 7.81. The fourth-order valence-corrected chi connectivity index (χ4v) is 0.737. The van der Waals surface area contributed by atoms with E-state index in [1.165, 1.54) is 6.33 Å². The first-order valence-corrected chi connectivity index (χ1v) is 3.10. The van der Waals surface area contributed by atoms with Crippen molar-refractivity contribution in [2.24, 2.45) is 0 Å². The molecule has 46 valence electrons. The molecule has 1 aromatic rings. The number of hydrogen-bond donors (Lipinski definition) is 0. The van der Waals surface area contributed by atoms with E-state index >= 15 is 0 Å². The van der Waals surface area contributed by atoms with Crippen LogP contribution in [0.1, 0.15) is 5.69 Å². The van der Waals surface area contributed by atoms with Gasteiger partial charge in [-0.2, -0.15) is 0 Å². The van der Waals surface area contributed by atoms with E-state index in [4.69, 9.17) is 0 Å². The van der Waals surface area contributed by atoms with Gasteiger partial charge in [0.1, 0.15) is 6.33 Å². The van der Waals surface area contributed by atoms with Crippen molar-refractivity contribution < 1.29 is 0 Å². The molecule has 9 heavy (non-hydrogen) atoms. The van der Waals surface area contributed by atoms with Gasteiger partial charge in [0.2, 0.25) is 0 Å². The summed E-state index contributed by atoms with van der Waals surface area (Å²) in [7, 11) is 2.49. The van der Waals surface area contributed by atoms with Crippen LogP contribution in [-0.2, 0) is 0 Å². The van der Waals surface area contributed by atoms with Crippen LogP contribution in [0.2, 0.25) is 0 Å². The minimum atomic E-state index is 0.856. The summed E-state index contributed by atoms with van der Waals surface area (Å²) in [5.41, 5.74) is 1.75. The summed E-state index contributed by atoms with van der Waals surface area (Å²) < 4.78 is 0. The van der Waals surface area contributed by atoms with Crippen LogP contribution in [0.25, 0.3) is 6.08 Å². The van der Waals surface area contributed by atoms with Crippen LogP contribution in [0.4, 0.5) is 0 Å². The first-order valence-electron chi connectivity index (χ1n) is 2.53. The van der Waals surface area contributed by atoms with Crippen molar-refractivity contribution in [2.45, 2.75) is 0 Å². The van der Waals surface area contributed by atoms with Crippen LogP contribution < -0.4 is 5.44 Å². The highest BCUT2D eigenvalue weighted by molar-refractivity contribution is 7.26. The Morgan fingerprint density at radius 3 is 2.78 bits per heavy atom. The molecule has 0 spiro atoms. The Kier molecular flexibility index (Phi) is 1.91. The highest BCUT2D eigenvalue weighted by Crippen LogP contribution is 1.91. The van der Waals surface area contributed by atoms with Gasteiger partial charge in [-0.25, -0.2) is 9.97 Å². The molecule has 1 atom stereocenters. The summed E-state index contributed by atoms with van der Waals surface area (Å²) in [5, 5.41) is 0. The zero-order valence-corrected chi connectivity index (χ0v) is 6.07. The molecule has 0 N–H and O–H groups in total. The predicted octanol–water partition coefficient (Wildman–Crippen LogP) is 0.620. The Bertz CT molecular complexity index is 222. The molecule has 1 rings (SSSR count). The summed E-state index contributed by atoms with van der Waals surface area (Å²) in [6.07, 6.45) is 3.20. The van der Waals surface area contributed by atoms with Gasteiger partial charge in [-0.05, 0) is 12.1 Å². The Morgan fingerprint density at radius 2 is 2.33 bits per heavy atom. The molecule has 2 nitrogen and oxygen atoms in total.